The molecule has 1 atom stereocenters. The Hall–Kier alpha value is -0.690. The summed E-state index contributed by atoms with van der Waals surface area (Å²) in [7, 11) is 2.06. The molecule has 2 heterocycles. The lowest BCUT2D eigenvalue weighted by Gasteiger charge is -2.30. The summed E-state index contributed by atoms with van der Waals surface area (Å²) in [4.78, 5) is 6.17. The second kappa shape index (κ2) is 5.77. The average molecular weight is 278 g/mol. The lowest BCUT2D eigenvalue weighted by Crippen LogP contribution is -2.43. The number of anilines is 1. The van der Waals surface area contributed by atoms with Gasteiger partial charge in [0.1, 0.15) is 0 Å². The number of aromatic nitrogens is 3. The van der Waals surface area contributed by atoms with Crippen molar-refractivity contribution in [1.82, 2.24) is 20.1 Å². The minimum atomic E-state index is 0.0681. The van der Waals surface area contributed by atoms with Crippen LogP contribution < -0.4 is 5.32 Å². The first-order valence-electron chi connectivity index (χ1n) is 5.25. The molecule has 94 valence electrons. The van der Waals surface area contributed by atoms with Crippen LogP contribution in [0.25, 0.3) is 0 Å². The molecule has 1 aromatic heterocycles. The van der Waals surface area contributed by atoms with E-state index in [1.165, 1.54) is 0 Å². The normalized spacial score (nSPS) is 21.5. The summed E-state index contributed by atoms with van der Waals surface area (Å²) in [6, 6.07) is 0. The maximum Gasteiger partial charge on any atom is 0.245 e. The Morgan fingerprint density at radius 1 is 1.47 bits per heavy atom. The van der Waals surface area contributed by atoms with Crippen molar-refractivity contribution in [2.45, 2.75) is 6.10 Å². The van der Waals surface area contributed by atoms with Crippen molar-refractivity contribution in [3.63, 3.8) is 0 Å². The van der Waals surface area contributed by atoms with Gasteiger partial charge in [-0.1, -0.05) is 11.6 Å². The fraction of sp³-hybridized carbons (Fsp3) is 0.667. The first kappa shape index (κ1) is 12.8. The molecular weight excluding hydrogens is 265 g/mol. The summed E-state index contributed by atoms with van der Waals surface area (Å²) in [6.07, 6.45) is 0.110. The van der Waals surface area contributed by atoms with E-state index >= 15 is 0 Å². The predicted molar refractivity (Wildman–Crippen MR) is 65.6 cm³/mol. The molecule has 1 aliphatic heterocycles. The number of halogens is 2. The second-order valence-corrected chi connectivity index (χ2v) is 4.55. The van der Waals surface area contributed by atoms with Gasteiger partial charge in [0.25, 0.3) is 0 Å². The molecule has 1 saturated heterocycles. The van der Waals surface area contributed by atoms with Crippen molar-refractivity contribution in [3.8, 4) is 0 Å². The Labute approximate surface area is 109 Å². The van der Waals surface area contributed by atoms with Crippen molar-refractivity contribution in [2.24, 2.45) is 0 Å². The smallest absolute Gasteiger partial charge is 0.245 e. The van der Waals surface area contributed by atoms with E-state index < -0.39 is 0 Å². The Morgan fingerprint density at radius 2 is 2.29 bits per heavy atom. The number of morpholine rings is 1. The molecule has 1 N–H and O–H groups in total. The van der Waals surface area contributed by atoms with E-state index in [1.807, 2.05) is 0 Å². The highest BCUT2D eigenvalue weighted by molar-refractivity contribution is 6.32. The van der Waals surface area contributed by atoms with Crippen molar-refractivity contribution in [2.75, 3.05) is 38.6 Å². The highest BCUT2D eigenvalue weighted by atomic mass is 35.5. The first-order valence-corrected chi connectivity index (χ1v) is 6.00. The molecule has 1 aliphatic rings. The SMILES string of the molecule is CN1CCOC(CNc2nc(Cl)nnc2Cl)C1. The van der Waals surface area contributed by atoms with Gasteiger partial charge in [0, 0.05) is 19.6 Å². The summed E-state index contributed by atoms with van der Waals surface area (Å²) in [5, 5.41) is 10.5. The summed E-state index contributed by atoms with van der Waals surface area (Å²) in [5.74, 6) is 0.434. The van der Waals surface area contributed by atoms with Gasteiger partial charge in [0.15, 0.2) is 11.0 Å². The molecule has 0 saturated carbocycles. The third-order valence-electron chi connectivity index (χ3n) is 2.46. The average Bonchev–Trinajstić information content (AvgIpc) is 2.30. The van der Waals surface area contributed by atoms with Gasteiger partial charge in [-0.15, -0.1) is 10.2 Å². The minimum Gasteiger partial charge on any atom is -0.374 e. The number of ether oxygens (including phenoxy) is 1. The van der Waals surface area contributed by atoms with Gasteiger partial charge in [0.2, 0.25) is 5.28 Å². The lowest BCUT2D eigenvalue weighted by atomic mass is 10.3. The molecule has 1 fully saturated rings. The number of rotatable bonds is 3. The van der Waals surface area contributed by atoms with Crippen molar-refractivity contribution >= 4 is 29.0 Å². The summed E-state index contributed by atoms with van der Waals surface area (Å²) in [6.45, 7) is 3.17. The van der Waals surface area contributed by atoms with Gasteiger partial charge >= 0.3 is 0 Å². The van der Waals surface area contributed by atoms with Gasteiger partial charge in [-0.25, -0.2) is 0 Å². The van der Waals surface area contributed by atoms with Crippen LogP contribution in [0.1, 0.15) is 0 Å². The molecule has 1 aromatic rings. The summed E-state index contributed by atoms with van der Waals surface area (Å²) in [5.41, 5.74) is 0. The van der Waals surface area contributed by atoms with Crippen LogP contribution in [-0.2, 0) is 4.74 Å². The van der Waals surface area contributed by atoms with Crippen molar-refractivity contribution in [3.05, 3.63) is 10.4 Å². The number of hydrogen-bond donors (Lipinski definition) is 1. The predicted octanol–water partition coefficient (Wildman–Crippen LogP) is 0.921. The molecule has 6 nitrogen and oxygen atoms in total. The second-order valence-electron chi connectivity index (χ2n) is 3.86. The van der Waals surface area contributed by atoms with Crippen LogP contribution in [0.3, 0.4) is 0 Å². The topological polar surface area (TPSA) is 63.2 Å². The van der Waals surface area contributed by atoms with Gasteiger partial charge in [-0.3, -0.25) is 0 Å². The van der Waals surface area contributed by atoms with E-state index in [0.717, 1.165) is 19.7 Å². The largest absolute Gasteiger partial charge is 0.374 e. The highest BCUT2D eigenvalue weighted by Gasteiger charge is 2.18. The maximum atomic E-state index is 5.83. The molecule has 8 heteroatoms. The fourth-order valence-electron chi connectivity index (χ4n) is 1.61. The zero-order chi connectivity index (χ0) is 12.3. The van der Waals surface area contributed by atoms with Crippen LogP contribution >= 0.6 is 23.2 Å². The van der Waals surface area contributed by atoms with E-state index in [0.29, 0.717) is 12.4 Å². The number of nitrogens with one attached hydrogen (secondary N) is 1. The summed E-state index contributed by atoms with van der Waals surface area (Å²) >= 11 is 11.5. The molecule has 2 rings (SSSR count). The van der Waals surface area contributed by atoms with Crippen molar-refractivity contribution < 1.29 is 4.74 Å². The monoisotopic (exact) mass is 277 g/mol. The van der Waals surface area contributed by atoms with E-state index in [1.54, 1.807) is 0 Å². The van der Waals surface area contributed by atoms with Gasteiger partial charge in [0.05, 0.1) is 12.7 Å². The third-order valence-corrected chi connectivity index (χ3v) is 2.87. The molecule has 0 aliphatic carbocycles. The van der Waals surface area contributed by atoms with Crippen LogP contribution in [0.15, 0.2) is 0 Å². The lowest BCUT2D eigenvalue weighted by molar-refractivity contribution is -0.0117. The van der Waals surface area contributed by atoms with Gasteiger partial charge in [-0.05, 0) is 18.6 Å². The van der Waals surface area contributed by atoms with Gasteiger partial charge < -0.3 is 15.0 Å². The molecule has 0 aromatic carbocycles. The van der Waals surface area contributed by atoms with Crippen LogP contribution in [0.4, 0.5) is 5.82 Å². The molecule has 0 amide bonds. The van der Waals surface area contributed by atoms with E-state index in [4.69, 9.17) is 27.9 Å². The molecule has 17 heavy (non-hydrogen) atoms. The molecule has 0 bridgehead atoms. The Balaban J connectivity index is 1.90. The molecule has 1 unspecified atom stereocenters. The quantitative estimate of drug-likeness (QED) is 0.887. The van der Waals surface area contributed by atoms with Crippen LogP contribution in [0.5, 0.6) is 0 Å². The van der Waals surface area contributed by atoms with E-state index in [9.17, 15) is 0 Å². The zero-order valence-corrected chi connectivity index (χ0v) is 10.9. The number of likely N-dealkylation sites (N-methyl/N-ethyl adjacent to an activating group) is 1. The van der Waals surface area contributed by atoms with Crippen LogP contribution in [0, 0.1) is 0 Å². The maximum absolute atomic E-state index is 5.83. The molecule has 0 spiro atoms. The third kappa shape index (κ3) is 3.64. The highest BCUT2D eigenvalue weighted by Crippen LogP contribution is 2.16. The molecular formula is C9H13Cl2N5O. The van der Waals surface area contributed by atoms with Crippen LogP contribution in [-0.4, -0.2) is 59.5 Å². The fourth-order valence-corrected chi connectivity index (χ4v) is 1.88. The Kier molecular flexibility index (Phi) is 4.33. The van der Waals surface area contributed by atoms with E-state index in [-0.39, 0.29) is 16.5 Å². The first-order chi connectivity index (χ1) is 8.15. The Bertz CT molecular complexity index is 392. The minimum absolute atomic E-state index is 0.0681. The standard InChI is InChI=1S/C9H13Cl2N5O/c1-16-2-3-17-6(5-16)4-12-8-7(10)14-15-9(11)13-8/h6H,2-5H2,1H3,(H,12,13,15). The number of hydrogen-bond acceptors (Lipinski definition) is 6. The van der Waals surface area contributed by atoms with Crippen molar-refractivity contribution in [1.29, 1.82) is 0 Å². The zero-order valence-electron chi connectivity index (χ0n) is 9.36. The van der Waals surface area contributed by atoms with Gasteiger partial charge in [-0.2, -0.15) is 4.98 Å². The number of nitrogens with zero attached hydrogens (tertiary/aromatic N) is 4. The summed E-state index contributed by atoms with van der Waals surface area (Å²) < 4.78 is 5.60. The van der Waals surface area contributed by atoms with Crippen LogP contribution in [0.2, 0.25) is 10.4 Å². The Morgan fingerprint density at radius 3 is 3.06 bits per heavy atom. The molecule has 0 radical (unpaired) electrons. The van der Waals surface area contributed by atoms with E-state index in [2.05, 4.69) is 32.4 Å².